The van der Waals surface area contributed by atoms with Crippen LogP contribution >= 0.6 is 11.3 Å². The second kappa shape index (κ2) is 11.2. The van der Waals surface area contributed by atoms with E-state index in [0.717, 1.165) is 43.6 Å². The Morgan fingerprint density at radius 2 is 1.72 bits per heavy atom. The number of hydrogen-bond donors (Lipinski definition) is 3. The Balaban J connectivity index is 1.58. The number of rotatable bonds is 6. The zero-order valence-electron chi connectivity index (χ0n) is 20.3. The zero-order valence-corrected chi connectivity index (χ0v) is 21.9. The molecule has 9 nitrogen and oxygen atoms in total. The van der Waals surface area contributed by atoms with Crippen molar-refractivity contribution in [2.75, 3.05) is 30.2 Å². The summed E-state index contributed by atoms with van der Waals surface area (Å²) in [5.41, 5.74) is 1.63. The van der Waals surface area contributed by atoms with E-state index < -0.39 is 10.0 Å². The molecule has 1 aliphatic rings. The van der Waals surface area contributed by atoms with Gasteiger partial charge in [-0.1, -0.05) is 30.6 Å². The normalized spacial score (nSPS) is 14.6. The molecule has 1 saturated heterocycles. The molecule has 1 aliphatic heterocycles. The molecule has 2 aromatic carbocycles. The van der Waals surface area contributed by atoms with E-state index in [1.807, 2.05) is 11.8 Å². The lowest BCUT2D eigenvalue weighted by Gasteiger charge is -2.24. The van der Waals surface area contributed by atoms with Gasteiger partial charge < -0.3 is 14.7 Å². The van der Waals surface area contributed by atoms with Gasteiger partial charge in [0, 0.05) is 18.8 Å². The average molecular weight is 531 g/mol. The Kier molecular flexibility index (Phi) is 8.00. The summed E-state index contributed by atoms with van der Waals surface area (Å²) in [4.78, 5) is 19.9. The van der Waals surface area contributed by atoms with Crippen LogP contribution in [0.15, 0.2) is 47.4 Å². The van der Waals surface area contributed by atoms with Crippen molar-refractivity contribution in [3.8, 4) is 21.9 Å². The Hall–Kier alpha value is -3.31. The number of aryl methyl sites for hydroxylation is 1. The lowest BCUT2D eigenvalue weighted by Crippen LogP contribution is -2.37. The molecule has 3 aromatic rings. The summed E-state index contributed by atoms with van der Waals surface area (Å²) >= 11 is 1.30. The molecule has 3 N–H and O–H groups in total. The molecule has 0 aliphatic carbocycles. The highest BCUT2D eigenvalue weighted by atomic mass is 32.2. The summed E-state index contributed by atoms with van der Waals surface area (Å²) < 4.78 is 34.2. The molecule has 0 saturated carbocycles. The molecule has 192 valence electrons. The quantitative estimate of drug-likeness (QED) is 0.365. The topological polar surface area (TPSA) is 121 Å². The molecule has 2 amide bonds. The Labute approximate surface area is 215 Å². The van der Waals surface area contributed by atoms with Crippen LogP contribution in [0.3, 0.4) is 0 Å². The van der Waals surface area contributed by atoms with Crippen molar-refractivity contribution < 1.29 is 23.1 Å². The minimum absolute atomic E-state index is 0.0328. The molecule has 2 heterocycles. The first-order valence-corrected chi connectivity index (χ1v) is 14.1. The van der Waals surface area contributed by atoms with Crippen LogP contribution in [0.5, 0.6) is 11.5 Å². The maximum atomic E-state index is 13.2. The van der Waals surface area contributed by atoms with Gasteiger partial charge in [0.05, 0.1) is 17.7 Å². The van der Waals surface area contributed by atoms with Crippen LogP contribution in [0, 0.1) is 6.92 Å². The minimum atomic E-state index is -3.99. The van der Waals surface area contributed by atoms with Crippen molar-refractivity contribution >= 4 is 38.2 Å². The maximum absolute atomic E-state index is 13.2. The van der Waals surface area contributed by atoms with Crippen molar-refractivity contribution in [2.24, 2.45) is 0 Å². The van der Waals surface area contributed by atoms with E-state index in [1.165, 1.54) is 55.2 Å². The van der Waals surface area contributed by atoms with Gasteiger partial charge >= 0.3 is 6.03 Å². The largest absolute Gasteiger partial charge is 0.508 e. The van der Waals surface area contributed by atoms with Crippen LogP contribution in [-0.2, 0) is 10.0 Å². The fraction of sp³-hybridized carbons (Fsp3) is 0.360. The number of likely N-dealkylation sites (tertiary alicyclic amines) is 1. The summed E-state index contributed by atoms with van der Waals surface area (Å²) in [5, 5.41) is 12.8. The number of sulfonamides is 1. The third kappa shape index (κ3) is 6.08. The number of methoxy groups -OCH3 is 1. The number of carbonyl (C=O) groups is 1. The van der Waals surface area contributed by atoms with Crippen LogP contribution in [-0.4, -0.2) is 49.6 Å². The average Bonchev–Trinajstić information content (AvgIpc) is 3.19. The number of phenolic OH excluding ortho intramolecular Hbond substituents is 1. The number of carbonyl (C=O) groups excluding carboxylic acids is 1. The van der Waals surface area contributed by atoms with Crippen molar-refractivity contribution in [1.82, 2.24) is 9.88 Å². The number of benzene rings is 2. The zero-order chi connectivity index (χ0) is 25.7. The van der Waals surface area contributed by atoms with Gasteiger partial charge in [0.25, 0.3) is 10.0 Å². The second-order valence-corrected chi connectivity index (χ2v) is 11.3. The van der Waals surface area contributed by atoms with E-state index in [0.29, 0.717) is 22.1 Å². The van der Waals surface area contributed by atoms with Crippen molar-refractivity contribution in [2.45, 2.75) is 43.9 Å². The number of thiazole rings is 1. The molecule has 11 heteroatoms. The van der Waals surface area contributed by atoms with Crippen molar-refractivity contribution in [1.29, 1.82) is 0 Å². The molecular formula is C25H30N4O5S2. The van der Waals surface area contributed by atoms with Gasteiger partial charge in [0.15, 0.2) is 5.13 Å². The van der Waals surface area contributed by atoms with Gasteiger partial charge in [-0.2, -0.15) is 0 Å². The van der Waals surface area contributed by atoms with Crippen LogP contribution < -0.4 is 14.8 Å². The first kappa shape index (κ1) is 25.8. The fourth-order valence-electron chi connectivity index (χ4n) is 4.11. The summed E-state index contributed by atoms with van der Waals surface area (Å²) in [6.07, 6.45) is 5.48. The van der Waals surface area contributed by atoms with E-state index in [-0.39, 0.29) is 22.4 Å². The number of amides is 2. The van der Waals surface area contributed by atoms with E-state index in [2.05, 4.69) is 15.0 Å². The number of aromatic hydroxyl groups is 1. The third-order valence-electron chi connectivity index (χ3n) is 5.99. The molecule has 0 unspecified atom stereocenters. The van der Waals surface area contributed by atoms with E-state index in [1.54, 1.807) is 12.1 Å². The number of nitrogens with zero attached hydrogens (tertiary/aromatic N) is 2. The number of anilines is 2. The first-order chi connectivity index (χ1) is 17.3. The number of hydrogen-bond acceptors (Lipinski definition) is 7. The molecule has 0 spiro atoms. The number of aromatic nitrogens is 1. The second-order valence-electron chi connectivity index (χ2n) is 8.64. The van der Waals surface area contributed by atoms with Crippen LogP contribution in [0.4, 0.5) is 15.6 Å². The third-order valence-corrected chi connectivity index (χ3v) is 8.51. The standard InChI is InChI=1S/C25H30N4O5S2/c1-17-23(35-24(26-17)27-25(31)29-14-6-4-3-5-7-15-29)18-8-13-21(34-2)22(16-18)36(32,33)28-19-9-11-20(30)12-10-19/h8-13,16,28,30H,3-7,14-15H2,1-2H3,(H,26,27,31). The summed E-state index contributed by atoms with van der Waals surface area (Å²) in [6, 6.07) is 10.5. The van der Waals surface area contributed by atoms with Gasteiger partial charge in [-0.25, -0.2) is 18.2 Å². The highest BCUT2D eigenvalue weighted by Crippen LogP contribution is 2.37. The highest BCUT2D eigenvalue weighted by Gasteiger charge is 2.23. The predicted molar refractivity (Wildman–Crippen MR) is 141 cm³/mol. The first-order valence-electron chi connectivity index (χ1n) is 11.8. The van der Waals surface area contributed by atoms with Gasteiger partial charge in [-0.3, -0.25) is 10.0 Å². The summed E-state index contributed by atoms with van der Waals surface area (Å²) in [5.74, 6) is 0.227. The van der Waals surface area contributed by atoms with Gasteiger partial charge in [0.2, 0.25) is 0 Å². The minimum Gasteiger partial charge on any atom is -0.508 e. The molecule has 1 fully saturated rings. The van der Waals surface area contributed by atoms with E-state index >= 15 is 0 Å². The molecule has 0 bridgehead atoms. The molecule has 4 rings (SSSR count). The van der Waals surface area contributed by atoms with E-state index in [4.69, 9.17) is 4.74 Å². The molecule has 36 heavy (non-hydrogen) atoms. The smallest absolute Gasteiger partial charge is 0.323 e. The lowest BCUT2D eigenvalue weighted by molar-refractivity contribution is 0.206. The Morgan fingerprint density at radius 1 is 1.06 bits per heavy atom. The Morgan fingerprint density at radius 3 is 2.39 bits per heavy atom. The highest BCUT2D eigenvalue weighted by molar-refractivity contribution is 7.92. The van der Waals surface area contributed by atoms with Gasteiger partial charge in [-0.15, -0.1) is 0 Å². The van der Waals surface area contributed by atoms with Gasteiger partial charge in [0.1, 0.15) is 16.4 Å². The van der Waals surface area contributed by atoms with Crippen molar-refractivity contribution in [3.05, 3.63) is 48.2 Å². The van der Waals surface area contributed by atoms with Crippen LogP contribution in [0.25, 0.3) is 10.4 Å². The van der Waals surface area contributed by atoms with Crippen LogP contribution in [0.1, 0.15) is 37.8 Å². The number of nitrogens with one attached hydrogen (secondary N) is 2. The summed E-state index contributed by atoms with van der Waals surface area (Å²) in [6.45, 7) is 3.29. The van der Waals surface area contributed by atoms with E-state index in [9.17, 15) is 18.3 Å². The van der Waals surface area contributed by atoms with Crippen LogP contribution in [0.2, 0.25) is 0 Å². The predicted octanol–water partition coefficient (Wildman–Crippen LogP) is 5.43. The SMILES string of the molecule is COc1ccc(-c2sc(NC(=O)N3CCCCCCC3)nc2C)cc1S(=O)(=O)Nc1ccc(O)cc1. The fourth-order valence-corrected chi connectivity index (χ4v) is 6.31. The monoisotopic (exact) mass is 530 g/mol. The Bertz CT molecular complexity index is 1310. The molecular weight excluding hydrogens is 500 g/mol. The molecule has 0 radical (unpaired) electrons. The lowest BCUT2D eigenvalue weighted by atomic mass is 10.1. The number of phenols is 1. The molecule has 1 aromatic heterocycles. The van der Waals surface area contributed by atoms with Gasteiger partial charge in [-0.05, 0) is 67.8 Å². The number of ether oxygens (including phenoxy) is 1. The maximum Gasteiger partial charge on any atom is 0.323 e. The summed E-state index contributed by atoms with van der Waals surface area (Å²) in [7, 11) is -2.59. The molecule has 0 atom stereocenters. The number of urea groups is 1. The van der Waals surface area contributed by atoms with Crippen molar-refractivity contribution in [3.63, 3.8) is 0 Å².